The first-order valence-electron chi connectivity index (χ1n) is 7.39. The molecule has 10 heteroatoms. The van der Waals surface area contributed by atoms with E-state index in [1.54, 1.807) is 0 Å². The van der Waals surface area contributed by atoms with Gasteiger partial charge < -0.3 is 41.3 Å². The number of phenolic OH excluding ortho intramolecular Hbond substituents is 1. The summed E-state index contributed by atoms with van der Waals surface area (Å²) < 4.78 is 0. The summed E-state index contributed by atoms with van der Waals surface area (Å²) in [6.45, 7) is 0.247. The summed E-state index contributed by atoms with van der Waals surface area (Å²) in [5.41, 5.74) is 0.0343. The quantitative estimate of drug-likeness (QED) is 0.250. The number of nitrogens with one attached hydrogen (secondary N) is 2. The number of hydrogen-bond acceptors (Lipinski definition) is 8. The second-order valence-electron chi connectivity index (χ2n) is 5.49. The van der Waals surface area contributed by atoms with Crippen molar-refractivity contribution in [2.45, 2.75) is 31.3 Å². The van der Waals surface area contributed by atoms with Gasteiger partial charge in [0.1, 0.15) is 24.1 Å². The lowest BCUT2D eigenvalue weighted by Gasteiger charge is -2.29. The van der Waals surface area contributed by atoms with Gasteiger partial charge in [0, 0.05) is 25.2 Å². The highest BCUT2D eigenvalue weighted by Gasteiger charge is 2.31. The second kappa shape index (κ2) is 9.18. The Balaban J connectivity index is 2.89. The van der Waals surface area contributed by atoms with Crippen LogP contribution in [0.25, 0.3) is 0 Å². The van der Waals surface area contributed by atoms with Gasteiger partial charge in [-0.05, 0) is 12.1 Å². The first-order valence-corrected chi connectivity index (χ1v) is 7.39. The number of aliphatic hydroxyl groups excluding tert-OH is 4. The van der Waals surface area contributed by atoms with Crippen molar-refractivity contribution in [2.75, 3.05) is 18.5 Å². The summed E-state index contributed by atoms with van der Waals surface area (Å²) in [5, 5.41) is 61.7. The zero-order chi connectivity index (χ0) is 19.1. The number of aromatic hydroxyl groups is 1. The number of carbonyl (C=O) groups is 2. The van der Waals surface area contributed by atoms with E-state index in [2.05, 4.69) is 10.6 Å². The average Bonchev–Trinajstić information content (AvgIpc) is 2.55. The van der Waals surface area contributed by atoms with Crippen LogP contribution >= 0.6 is 0 Å². The minimum atomic E-state index is -1.72. The van der Waals surface area contributed by atoms with Crippen LogP contribution in [0.2, 0.25) is 0 Å². The monoisotopic (exact) mass is 358 g/mol. The predicted octanol–water partition coefficient (Wildman–Crippen LogP) is -1.92. The van der Waals surface area contributed by atoms with Gasteiger partial charge in [0.2, 0.25) is 5.91 Å². The Labute approximate surface area is 143 Å². The van der Waals surface area contributed by atoms with Gasteiger partial charge in [-0.15, -0.1) is 0 Å². The third kappa shape index (κ3) is 6.19. The van der Waals surface area contributed by atoms with Crippen molar-refractivity contribution in [1.29, 1.82) is 0 Å². The molecule has 1 amide bonds. The van der Waals surface area contributed by atoms with Crippen LogP contribution in [0.1, 0.15) is 17.3 Å². The molecule has 1 aromatic rings. The van der Waals surface area contributed by atoms with Crippen LogP contribution < -0.4 is 10.6 Å². The molecule has 0 bridgehead atoms. The Morgan fingerprint density at radius 1 is 1.12 bits per heavy atom. The van der Waals surface area contributed by atoms with E-state index in [4.69, 9.17) is 10.2 Å². The molecule has 140 valence electrons. The minimum absolute atomic E-state index is 0.154. The maximum Gasteiger partial charge on any atom is 0.335 e. The molecule has 0 aliphatic carbocycles. The van der Waals surface area contributed by atoms with Gasteiger partial charge in [-0.3, -0.25) is 4.79 Å². The Bertz CT molecular complexity index is 609. The van der Waals surface area contributed by atoms with Crippen LogP contribution in [0.3, 0.4) is 0 Å². The molecule has 1 aromatic carbocycles. The van der Waals surface area contributed by atoms with E-state index in [1.165, 1.54) is 19.1 Å². The van der Waals surface area contributed by atoms with E-state index in [1.807, 2.05) is 0 Å². The van der Waals surface area contributed by atoms with Gasteiger partial charge in [0.05, 0.1) is 18.2 Å². The van der Waals surface area contributed by atoms with E-state index in [0.717, 1.165) is 6.07 Å². The molecular formula is C15H22N2O8. The Kier molecular flexibility index (Phi) is 7.58. The minimum Gasteiger partial charge on any atom is -0.508 e. The summed E-state index contributed by atoms with van der Waals surface area (Å²) in [5.74, 6) is -2.06. The van der Waals surface area contributed by atoms with Crippen molar-refractivity contribution in [1.82, 2.24) is 5.32 Å². The molecule has 0 fully saturated rings. The molecule has 0 saturated heterocycles. The van der Waals surface area contributed by atoms with Crippen LogP contribution in [0.15, 0.2) is 18.2 Å². The van der Waals surface area contributed by atoms with E-state index in [-0.39, 0.29) is 23.5 Å². The summed E-state index contributed by atoms with van der Waals surface area (Å²) in [7, 11) is 0. The third-order valence-electron chi connectivity index (χ3n) is 3.42. The number of anilines is 1. The first kappa shape index (κ1) is 20.6. The maximum atomic E-state index is 11.3. The molecular weight excluding hydrogens is 336 g/mol. The number of rotatable bonds is 9. The zero-order valence-corrected chi connectivity index (χ0v) is 13.5. The number of carboxylic acids is 1. The van der Waals surface area contributed by atoms with Gasteiger partial charge in [-0.1, -0.05) is 0 Å². The molecule has 0 aliphatic heterocycles. The van der Waals surface area contributed by atoms with E-state index in [9.17, 15) is 30.0 Å². The fourth-order valence-corrected chi connectivity index (χ4v) is 2.16. The molecule has 0 saturated carbocycles. The Morgan fingerprint density at radius 3 is 2.28 bits per heavy atom. The normalized spacial score (nSPS) is 15.7. The molecule has 0 radical (unpaired) electrons. The van der Waals surface area contributed by atoms with Crippen molar-refractivity contribution in [3.63, 3.8) is 0 Å². The molecule has 10 nitrogen and oxygen atoms in total. The number of aliphatic hydroxyl groups is 4. The highest BCUT2D eigenvalue weighted by Crippen LogP contribution is 2.20. The summed E-state index contributed by atoms with van der Waals surface area (Å²) >= 11 is 0. The van der Waals surface area contributed by atoms with E-state index < -0.39 is 42.8 Å². The summed E-state index contributed by atoms with van der Waals surface area (Å²) in [4.78, 5) is 22.2. The van der Waals surface area contributed by atoms with Crippen molar-refractivity contribution in [2.24, 2.45) is 0 Å². The zero-order valence-electron chi connectivity index (χ0n) is 13.5. The highest BCUT2D eigenvalue weighted by molar-refractivity contribution is 5.89. The summed E-state index contributed by atoms with van der Waals surface area (Å²) in [6, 6.07) is 2.46. The molecule has 0 unspecified atom stereocenters. The van der Waals surface area contributed by atoms with Gasteiger partial charge in [-0.25, -0.2) is 4.79 Å². The maximum absolute atomic E-state index is 11.3. The van der Waals surface area contributed by atoms with Gasteiger partial charge in [0.25, 0.3) is 0 Å². The fourth-order valence-electron chi connectivity index (χ4n) is 2.16. The lowest BCUT2D eigenvalue weighted by Crippen LogP contribution is -2.55. The van der Waals surface area contributed by atoms with Gasteiger partial charge in [-0.2, -0.15) is 0 Å². The molecule has 4 atom stereocenters. The van der Waals surface area contributed by atoms with Crippen LogP contribution in [-0.2, 0) is 4.79 Å². The fraction of sp³-hybridized carbons (Fsp3) is 0.467. The molecule has 8 N–H and O–H groups in total. The number of hydrogen-bond donors (Lipinski definition) is 8. The lowest BCUT2D eigenvalue weighted by molar-refractivity contribution is -0.123. The highest BCUT2D eigenvalue weighted by atomic mass is 16.4. The number of phenols is 1. The van der Waals surface area contributed by atoms with Gasteiger partial charge >= 0.3 is 5.97 Å². The smallest absolute Gasteiger partial charge is 0.335 e. The SMILES string of the molecule is CC(=O)N[C@@H](CNc1cc(O)cc(C(=O)O)c1)[C@@H](O)[C@H](O)[C@H](O)CO. The van der Waals surface area contributed by atoms with Crippen LogP contribution in [0.5, 0.6) is 5.75 Å². The largest absolute Gasteiger partial charge is 0.508 e. The molecule has 0 aromatic heterocycles. The Morgan fingerprint density at radius 2 is 1.76 bits per heavy atom. The number of carbonyl (C=O) groups excluding carboxylic acids is 1. The molecule has 25 heavy (non-hydrogen) atoms. The molecule has 0 heterocycles. The summed E-state index contributed by atoms with van der Waals surface area (Å²) in [6.07, 6.45) is -4.94. The van der Waals surface area contributed by atoms with Gasteiger partial charge in [0.15, 0.2) is 0 Å². The number of benzene rings is 1. The van der Waals surface area contributed by atoms with Crippen LogP contribution in [-0.4, -0.2) is 80.0 Å². The van der Waals surface area contributed by atoms with Crippen LogP contribution in [0, 0.1) is 0 Å². The average molecular weight is 358 g/mol. The molecule has 0 aliphatic rings. The number of aromatic carboxylic acids is 1. The third-order valence-corrected chi connectivity index (χ3v) is 3.42. The Hall–Kier alpha value is -2.40. The number of amides is 1. The molecule has 0 spiro atoms. The predicted molar refractivity (Wildman–Crippen MR) is 86.3 cm³/mol. The van der Waals surface area contributed by atoms with Crippen molar-refractivity contribution < 1.29 is 40.2 Å². The van der Waals surface area contributed by atoms with E-state index in [0.29, 0.717) is 0 Å². The van der Waals surface area contributed by atoms with Crippen molar-refractivity contribution in [3.8, 4) is 5.75 Å². The standard InChI is InChI=1S/C15H22N2O8/c1-7(19)17-11(13(22)14(23)12(21)6-18)5-16-9-2-8(15(24)25)3-10(20)4-9/h2-4,11-14,16,18,20-23H,5-6H2,1H3,(H,17,19)(H,24,25)/t11-,12+,13+,14+/m0/s1. The number of carboxylic acid groups (broad SMARTS) is 1. The van der Waals surface area contributed by atoms with Crippen LogP contribution in [0.4, 0.5) is 5.69 Å². The molecule has 1 rings (SSSR count). The van der Waals surface area contributed by atoms with Crippen molar-refractivity contribution in [3.05, 3.63) is 23.8 Å². The van der Waals surface area contributed by atoms with Crippen molar-refractivity contribution >= 4 is 17.6 Å². The van der Waals surface area contributed by atoms with E-state index >= 15 is 0 Å². The first-order chi connectivity index (χ1) is 11.6. The topological polar surface area (TPSA) is 180 Å². The lowest BCUT2D eigenvalue weighted by atomic mass is 10.0. The second-order valence-corrected chi connectivity index (χ2v) is 5.49.